The summed E-state index contributed by atoms with van der Waals surface area (Å²) in [7, 11) is -3.89. The van der Waals surface area contributed by atoms with E-state index in [2.05, 4.69) is 9.71 Å². The first kappa shape index (κ1) is 16.2. The number of carboxylic acid groups (broad SMARTS) is 1. The highest BCUT2D eigenvalue weighted by molar-refractivity contribution is 7.91. The molecule has 2 rings (SSSR count). The second-order valence-corrected chi connectivity index (χ2v) is 7.58. The summed E-state index contributed by atoms with van der Waals surface area (Å²) in [5, 5.41) is 10.7. The smallest absolute Gasteiger partial charge is 0.355 e. The van der Waals surface area contributed by atoms with Crippen LogP contribution in [0.15, 0.2) is 27.9 Å². The Kier molecular flexibility index (Phi) is 4.84. The van der Waals surface area contributed by atoms with Gasteiger partial charge in [-0.25, -0.2) is 22.9 Å². The van der Waals surface area contributed by atoms with Crippen LogP contribution in [0, 0.1) is 0 Å². The number of hydrogen-bond donors (Lipinski definition) is 2. The second-order valence-electron chi connectivity index (χ2n) is 3.91. The van der Waals surface area contributed by atoms with E-state index < -0.39 is 16.0 Å². The van der Waals surface area contributed by atoms with E-state index in [1.807, 2.05) is 0 Å². The third-order valence-electron chi connectivity index (χ3n) is 2.32. The van der Waals surface area contributed by atoms with Crippen molar-refractivity contribution in [1.82, 2.24) is 9.71 Å². The number of nitrogens with zero attached hydrogens (tertiary/aromatic N) is 1. The summed E-state index contributed by atoms with van der Waals surface area (Å²) >= 11 is 12.4. The van der Waals surface area contributed by atoms with Gasteiger partial charge >= 0.3 is 5.97 Å². The van der Waals surface area contributed by atoms with Gasteiger partial charge in [0, 0.05) is 22.0 Å². The van der Waals surface area contributed by atoms with Crippen molar-refractivity contribution >= 4 is 50.5 Å². The predicted molar refractivity (Wildman–Crippen MR) is 79.6 cm³/mol. The third kappa shape index (κ3) is 4.14. The normalized spacial score (nSPS) is 11.5. The van der Waals surface area contributed by atoms with E-state index in [1.54, 1.807) is 12.1 Å². The molecule has 0 atom stereocenters. The van der Waals surface area contributed by atoms with Crippen molar-refractivity contribution < 1.29 is 18.3 Å². The Bertz CT molecular complexity index is 769. The fraction of sp³-hybridized carbons (Fsp3) is 0.0909. The fourth-order valence-corrected chi connectivity index (χ4v) is 4.05. The number of carbonyl (C=O) groups is 1. The van der Waals surface area contributed by atoms with Gasteiger partial charge in [0.15, 0.2) is 5.69 Å². The maximum absolute atomic E-state index is 12.0. The van der Waals surface area contributed by atoms with Gasteiger partial charge in [0.2, 0.25) is 4.34 Å². The van der Waals surface area contributed by atoms with Crippen molar-refractivity contribution in [3.05, 3.63) is 44.9 Å². The van der Waals surface area contributed by atoms with Gasteiger partial charge in [0.1, 0.15) is 0 Å². The Morgan fingerprint density at radius 2 is 1.90 bits per heavy atom. The predicted octanol–water partition coefficient (Wildman–Crippen LogP) is 2.63. The van der Waals surface area contributed by atoms with Gasteiger partial charge in [-0.2, -0.15) is 0 Å². The largest absolute Gasteiger partial charge is 0.476 e. The van der Waals surface area contributed by atoms with E-state index in [4.69, 9.17) is 28.3 Å². The first-order valence-electron chi connectivity index (χ1n) is 5.41. The zero-order valence-electron chi connectivity index (χ0n) is 10.2. The highest BCUT2D eigenvalue weighted by Crippen LogP contribution is 2.20. The number of aromatic nitrogens is 1. The first-order valence-corrected chi connectivity index (χ1v) is 8.53. The lowest BCUT2D eigenvalue weighted by molar-refractivity contribution is 0.0691. The molecule has 2 N–H and O–H groups in total. The van der Waals surface area contributed by atoms with Crippen molar-refractivity contribution in [2.24, 2.45) is 0 Å². The third-order valence-corrected chi connectivity index (χ3v) is 5.41. The summed E-state index contributed by atoms with van der Waals surface area (Å²) in [4.78, 5) is 14.2. The molecule has 0 bridgehead atoms. The molecule has 0 aliphatic heterocycles. The lowest BCUT2D eigenvalue weighted by Gasteiger charge is -2.05. The average Bonchev–Trinajstić information content (AvgIpc) is 2.86. The van der Waals surface area contributed by atoms with Crippen LogP contribution < -0.4 is 4.72 Å². The van der Waals surface area contributed by atoms with E-state index in [-0.39, 0.29) is 16.6 Å². The topological polar surface area (TPSA) is 96.4 Å². The molecule has 10 heteroatoms. The molecule has 0 unspecified atom stereocenters. The second kappa shape index (κ2) is 6.29. The molecule has 0 saturated heterocycles. The number of benzene rings is 1. The van der Waals surface area contributed by atoms with Crippen molar-refractivity contribution in [2.75, 3.05) is 0 Å². The fourth-order valence-electron chi connectivity index (χ4n) is 1.43. The quantitative estimate of drug-likeness (QED) is 0.847. The molecule has 1 aromatic carbocycles. The molecule has 1 aromatic heterocycles. The molecule has 0 fully saturated rings. The van der Waals surface area contributed by atoms with Gasteiger partial charge < -0.3 is 5.11 Å². The van der Waals surface area contributed by atoms with Crippen molar-refractivity contribution in [3.8, 4) is 0 Å². The molecule has 21 heavy (non-hydrogen) atoms. The molecule has 112 valence electrons. The average molecular weight is 367 g/mol. The number of carboxylic acids is 1. The van der Waals surface area contributed by atoms with Crippen molar-refractivity contribution in [2.45, 2.75) is 10.9 Å². The Morgan fingerprint density at radius 3 is 2.43 bits per heavy atom. The number of nitrogens with one attached hydrogen (secondary N) is 1. The highest BCUT2D eigenvalue weighted by atomic mass is 35.5. The van der Waals surface area contributed by atoms with E-state index in [1.165, 1.54) is 6.07 Å². The van der Waals surface area contributed by atoms with Gasteiger partial charge in [0.25, 0.3) is 10.0 Å². The van der Waals surface area contributed by atoms with Crippen LogP contribution >= 0.6 is 34.5 Å². The lowest BCUT2D eigenvalue weighted by Crippen LogP contribution is -2.23. The molecule has 0 spiro atoms. The summed E-state index contributed by atoms with van der Waals surface area (Å²) in [6.45, 7) is -0.0371. The number of aromatic carboxylic acids is 1. The Labute approximate surface area is 134 Å². The standard InChI is InChI=1S/C11H8Cl2N2O4S2/c12-7-1-6(2-8(13)3-7)4-14-21(18,19)11-15-9(5-20-11)10(16)17/h1-3,5,14H,4H2,(H,16,17). The van der Waals surface area contributed by atoms with Gasteiger partial charge in [-0.05, 0) is 23.8 Å². The molecule has 2 aromatic rings. The number of halogens is 2. The first-order chi connectivity index (χ1) is 9.78. The monoisotopic (exact) mass is 366 g/mol. The Hall–Kier alpha value is -1.19. The van der Waals surface area contributed by atoms with Crippen LogP contribution in [-0.4, -0.2) is 24.5 Å². The minimum Gasteiger partial charge on any atom is -0.476 e. The minimum absolute atomic E-state index is 0.0371. The number of hydrogen-bond acceptors (Lipinski definition) is 5. The van der Waals surface area contributed by atoms with E-state index in [0.29, 0.717) is 15.6 Å². The highest BCUT2D eigenvalue weighted by Gasteiger charge is 2.20. The van der Waals surface area contributed by atoms with Crippen LogP contribution in [0.1, 0.15) is 16.1 Å². The molecule has 1 heterocycles. The van der Waals surface area contributed by atoms with E-state index in [9.17, 15) is 13.2 Å². The van der Waals surface area contributed by atoms with Crippen LogP contribution in [0.2, 0.25) is 10.0 Å². The zero-order chi connectivity index (χ0) is 15.6. The van der Waals surface area contributed by atoms with E-state index in [0.717, 1.165) is 16.7 Å². The lowest BCUT2D eigenvalue weighted by atomic mass is 10.2. The number of sulfonamides is 1. The summed E-state index contributed by atoms with van der Waals surface area (Å²) in [5.74, 6) is -1.28. The Morgan fingerprint density at radius 1 is 1.29 bits per heavy atom. The molecule has 0 amide bonds. The maximum Gasteiger partial charge on any atom is 0.355 e. The number of rotatable bonds is 5. The van der Waals surface area contributed by atoms with E-state index >= 15 is 0 Å². The zero-order valence-corrected chi connectivity index (χ0v) is 13.4. The minimum atomic E-state index is -3.89. The van der Waals surface area contributed by atoms with Gasteiger partial charge in [-0.1, -0.05) is 23.2 Å². The summed E-state index contributed by atoms with van der Waals surface area (Å²) < 4.78 is 26.0. The molecule has 0 saturated carbocycles. The SMILES string of the molecule is O=C(O)c1csc(S(=O)(=O)NCc2cc(Cl)cc(Cl)c2)n1. The summed E-state index contributed by atoms with van der Waals surface area (Å²) in [6, 6.07) is 4.67. The van der Waals surface area contributed by atoms with Gasteiger partial charge in [-0.3, -0.25) is 0 Å². The van der Waals surface area contributed by atoms with Crippen molar-refractivity contribution in [3.63, 3.8) is 0 Å². The Balaban J connectivity index is 2.15. The molecular weight excluding hydrogens is 359 g/mol. The number of thiazole rings is 1. The molecule has 0 radical (unpaired) electrons. The van der Waals surface area contributed by atoms with Crippen LogP contribution in [-0.2, 0) is 16.6 Å². The molecule has 0 aliphatic carbocycles. The van der Waals surface area contributed by atoms with Crippen LogP contribution in [0.5, 0.6) is 0 Å². The molecule has 6 nitrogen and oxygen atoms in total. The van der Waals surface area contributed by atoms with Crippen LogP contribution in [0.3, 0.4) is 0 Å². The van der Waals surface area contributed by atoms with Crippen LogP contribution in [0.4, 0.5) is 0 Å². The van der Waals surface area contributed by atoms with Crippen molar-refractivity contribution in [1.29, 1.82) is 0 Å². The van der Waals surface area contributed by atoms with Gasteiger partial charge in [0.05, 0.1) is 0 Å². The molecule has 0 aliphatic rings. The maximum atomic E-state index is 12.0. The summed E-state index contributed by atoms with van der Waals surface area (Å²) in [6.07, 6.45) is 0. The van der Waals surface area contributed by atoms with Crippen LogP contribution in [0.25, 0.3) is 0 Å². The van der Waals surface area contributed by atoms with Gasteiger partial charge in [-0.15, -0.1) is 11.3 Å². The molecular formula is C11H8Cl2N2O4S2. The summed E-state index contributed by atoms with van der Waals surface area (Å²) in [5.41, 5.74) is 0.261.